The monoisotopic (exact) mass is 673 g/mol. The summed E-state index contributed by atoms with van der Waals surface area (Å²) in [7, 11) is 1.62. The Balaban J connectivity index is 1.43. The predicted molar refractivity (Wildman–Crippen MR) is 171 cm³/mol. The first-order valence-corrected chi connectivity index (χ1v) is 15.3. The SMILES string of the molecule is COc1cc(Br)cc(C=Nn2c(C3CCCCC3)nc3ccc(Br)cc3c2=O)c1OCc1cccc2ccccc12. The summed E-state index contributed by atoms with van der Waals surface area (Å²) in [6.07, 6.45) is 7.11. The van der Waals surface area contributed by atoms with Crippen molar-refractivity contribution < 1.29 is 9.47 Å². The van der Waals surface area contributed by atoms with E-state index in [4.69, 9.17) is 19.6 Å². The maximum Gasteiger partial charge on any atom is 0.282 e. The van der Waals surface area contributed by atoms with Crippen LogP contribution in [0.5, 0.6) is 11.5 Å². The van der Waals surface area contributed by atoms with Crippen LogP contribution in [0.15, 0.2) is 91.6 Å². The average molecular weight is 675 g/mol. The minimum Gasteiger partial charge on any atom is -0.493 e. The van der Waals surface area contributed by atoms with Gasteiger partial charge in [-0.15, -0.1) is 0 Å². The van der Waals surface area contributed by atoms with Crippen molar-refractivity contribution in [3.63, 3.8) is 0 Å². The predicted octanol–water partition coefficient (Wildman–Crippen LogP) is 8.59. The second kappa shape index (κ2) is 12.2. The Morgan fingerprint density at radius 2 is 1.76 bits per heavy atom. The number of hydrogen-bond donors (Lipinski definition) is 0. The van der Waals surface area contributed by atoms with Gasteiger partial charge in [0.05, 0.1) is 24.2 Å². The first-order chi connectivity index (χ1) is 20.0. The molecule has 0 atom stereocenters. The van der Waals surface area contributed by atoms with E-state index < -0.39 is 0 Å². The zero-order chi connectivity index (χ0) is 28.3. The third kappa shape index (κ3) is 5.81. The van der Waals surface area contributed by atoms with Crippen LogP contribution in [0.2, 0.25) is 0 Å². The van der Waals surface area contributed by atoms with Crippen molar-refractivity contribution in [3.8, 4) is 11.5 Å². The smallest absolute Gasteiger partial charge is 0.282 e. The molecule has 5 aromatic rings. The molecule has 1 heterocycles. The molecule has 0 unspecified atom stereocenters. The van der Waals surface area contributed by atoms with Gasteiger partial charge in [0, 0.05) is 20.4 Å². The first-order valence-electron chi connectivity index (χ1n) is 13.8. The Morgan fingerprint density at radius 1 is 0.951 bits per heavy atom. The topological polar surface area (TPSA) is 65.7 Å². The fourth-order valence-electron chi connectivity index (χ4n) is 5.58. The van der Waals surface area contributed by atoms with Crippen LogP contribution in [-0.2, 0) is 6.61 Å². The van der Waals surface area contributed by atoms with Crippen LogP contribution < -0.4 is 15.0 Å². The zero-order valence-corrected chi connectivity index (χ0v) is 25.8. The Hall–Kier alpha value is -3.49. The molecule has 1 saturated carbocycles. The number of methoxy groups -OCH3 is 1. The van der Waals surface area contributed by atoms with Crippen LogP contribution in [0.4, 0.5) is 0 Å². The van der Waals surface area contributed by atoms with Crippen molar-refractivity contribution >= 4 is 59.7 Å². The fourth-order valence-corrected chi connectivity index (χ4v) is 6.40. The summed E-state index contributed by atoms with van der Waals surface area (Å²) < 4.78 is 15.2. The van der Waals surface area contributed by atoms with E-state index in [1.807, 2.05) is 48.5 Å². The molecule has 208 valence electrons. The Bertz CT molecular complexity index is 1820. The van der Waals surface area contributed by atoms with Crippen LogP contribution in [0.25, 0.3) is 21.7 Å². The third-order valence-electron chi connectivity index (χ3n) is 7.64. The number of aromatic nitrogens is 2. The summed E-state index contributed by atoms with van der Waals surface area (Å²) in [4.78, 5) is 18.8. The summed E-state index contributed by atoms with van der Waals surface area (Å²) in [6, 6.07) is 23.8. The molecule has 1 aliphatic rings. The van der Waals surface area contributed by atoms with Gasteiger partial charge in [0.25, 0.3) is 5.56 Å². The highest BCUT2D eigenvalue weighted by Gasteiger charge is 2.23. The molecule has 6 rings (SSSR count). The summed E-state index contributed by atoms with van der Waals surface area (Å²) >= 11 is 7.09. The zero-order valence-electron chi connectivity index (χ0n) is 22.6. The molecule has 4 aromatic carbocycles. The summed E-state index contributed by atoms with van der Waals surface area (Å²) in [5.74, 6) is 2.01. The molecule has 0 aliphatic heterocycles. The molecule has 1 aliphatic carbocycles. The molecular weight excluding hydrogens is 646 g/mol. The molecule has 6 nitrogen and oxygen atoms in total. The van der Waals surface area contributed by atoms with Crippen LogP contribution in [0.1, 0.15) is 55.0 Å². The van der Waals surface area contributed by atoms with Gasteiger partial charge in [-0.05, 0) is 59.5 Å². The Kier molecular flexibility index (Phi) is 8.21. The van der Waals surface area contributed by atoms with Crippen molar-refractivity contribution in [3.05, 3.63) is 109 Å². The van der Waals surface area contributed by atoms with E-state index in [0.717, 1.165) is 51.0 Å². The molecule has 0 spiro atoms. The number of hydrogen-bond acceptors (Lipinski definition) is 5. The molecule has 0 saturated heterocycles. The highest BCUT2D eigenvalue weighted by Crippen LogP contribution is 2.36. The van der Waals surface area contributed by atoms with Crippen LogP contribution in [-0.4, -0.2) is 23.0 Å². The van der Waals surface area contributed by atoms with Crippen LogP contribution in [0.3, 0.4) is 0 Å². The van der Waals surface area contributed by atoms with Gasteiger partial charge in [-0.3, -0.25) is 4.79 Å². The van der Waals surface area contributed by atoms with Crippen LogP contribution >= 0.6 is 31.9 Å². The summed E-state index contributed by atoms with van der Waals surface area (Å²) in [6.45, 7) is 0.346. The number of nitrogens with zero attached hydrogens (tertiary/aromatic N) is 3. The lowest BCUT2D eigenvalue weighted by Crippen LogP contribution is -2.25. The highest BCUT2D eigenvalue weighted by atomic mass is 79.9. The number of ether oxygens (including phenoxy) is 2. The quantitative estimate of drug-likeness (QED) is 0.162. The maximum absolute atomic E-state index is 13.8. The number of rotatable bonds is 7. The lowest BCUT2D eigenvalue weighted by Gasteiger charge is -2.23. The summed E-state index contributed by atoms with van der Waals surface area (Å²) in [5, 5.41) is 7.57. The molecule has 1 aromatic heterocycles. The van der Waals surface area contributed by atoms with Crippen molar-refractivity contribution in [2.45, 2.75) is 44.6 Å². The fraction of sp³-hybridized carbons (Fsp3) is 0.242. The van der Waals surface area contributed by atoms with E-state index in [-0.39, 0.29) is 11.5 Å². The van der Waals surface area contributed by atoms with Crippen molar-refractivity contribution in [1.82, 2.24) is 9.66 Å². The van der Waals surface area contributed by atoms with E-state index in [1.54, 1.807) is 13.3 Å². The van der Waals surface area contributed by atoms with Gasteiger partial charge in [0.1, 0.15) is 12.4 Å². The molecule has 0 radical (unpaired) electrons. The lowest BCUT2D eigenvalue weighted by molar-refractivity contribution is 0.285. The Morgan fingerprint density at radius 3 is 2.59 bits per heavy atom. The minimum absolute atomic E-state index is 0.181. The van der Waals surface area contributed by atoms with Crippen molar-refractivity contribution in [1.29, 1.82) is 0 Å². The molecule has 0 amide bonds. The Labute approximate surface area is 255 Å². The van der Waals surface area contributed by atoms with Gasteiger partial charge < -0.3 is 9.47 Å². The van der Waals surface area contributed by atoms with E-state index in [2.05, 4.69) is 56.1 Å². The number of benzene rings is 4. The third-order valence-corrected chi connectivity index (χ3v) is 8.59. The van der Waals surface area contributed by atoms with Gasteiger partial charge in [0.2, 0.25) is 0 Å². The molecule has 0 bridgehead atoms. The number of fused-ring (bicyclic) bond motifs is 2. The molecular formula is C33H29Br2N3O3. The molecule has 1 fully saturated rings. The summed E-state index contributed by atoms with van der Waals surface area (Å²) in [5.41, 5.74) is 2.25. The van der Waals surface area contributed by atoms with Gasteiger partial charge in [-0.2, -0.15) is 9.78 Å². The van der Waals surface area contributed by atoms with Crippen molar-refractivity contribution in [2.75, 3.05) is 7.11 Å². The second-order valence-corrected chi connectivity index (χ2v) is 12.1. The van der Waals surface area contributed by atoms with E-state index in [0.29, 0.717) is 40.4 Å². The van der Waals surface area contributed by atoms with E-state index in [9.17, 15) is 4.79 Å². The standard InChI is InChI=1S/C33H29Br2N3O3/c1-40-30-18-26(35)16-24(31(30)41-20-23-12-7-11-21-8-5-6-13-27(21)23)19-36-38-32(22-9-3-2-4-10-22)37-29-15-14-25(34)17-28(29)33(38)39/h5-8,11-19,22H,2-4,9-10,20H2,1H3. The normalized spacial score (nSPS) is 14.2. The highest BCUT2D eigenvalue weighted by molar-refractivity contribution is 9.10. The minimum atomic E-state index is -0.187. The maximum atomic E-state index is 13.8. The molecule has 41 heavy (non-hydrogen) atoms. The van der Waals surface area contributed by atoms with Crippen LogP contribution in [0, 0.1) is 0 Å². The van der Waals surface area contributed by atoms with E-state index in [1.165, 1.54) is 11.1 Å². The van der Waals surface area contributed by atoms with Gasteiger partial charge in [-0.1, -0.05) is 93.6 Å². The lowest BCUT2D eigenvalue weighted by atomic mass is 9.88. The van der Waals surface area contributed by atoms with E-state index >= 15 is 0 Å². The van der Waals surface area contributed by atoms with Gasteiger partial charge >= 0.3 is 0 Å². The largest absolute Gasteiger partial charge is 0.493 e. The van der Waals surface area contributed by atoms with Gasteiger partial charge in [-0.25, -0.2) is 4.98 Å². The van der Waals surface area contributed by atoms with Gasteiger partial charge in [0.15, 0.2) is 11.5 Å². The second-order valence-electron chi connectivity index (χ2n) is 10.3. The average Bonchev–Trinajstić information content (AvgIpc) is 3.00. The molecule has 0 N–H and O–H groups in total. The molecule has 8 heteroatoms. The first kappa shape index (κ1) is 27.7. The number of halogens is 2. The van der Waals surface area contributed by atoms with Crippen molar-refractivity contribution in [2.24, 2.45) is 5.10 Å².